The van der Waals surface area contributed by atoms with Crippen LogP contribution in [0.15, 0.2) is 47.5 Å². The first-order chi connectivity index (χ1) is 21.2. The number of rotatable bonds is 18. The van der Waals surface area contributed by atoms with Crippen LogP contribution in [-0.2, 0) is 21.9 Å². The first-order valence-electron chi connectivity index (χ1n) is 16.9. The lowest BCUT2D eigenvalue weighted by Crippen LogP contribution is -2.19. The van der Waals surface area contributed by atoms with Crippen molar-refractivity contribution in [3.63, 3.8) is 0 Å². The van der Waals surface area contributed by atoms with Crippen LogP contribution in [0.3, 0.4) is 0 Å². The SMILES string of the molecule is CCCCCCCCCCCCOc1cc(C(C)(C)C)c(OP(=O)(O)Oc2cccc(CN3C=C(C)SC3)c2)cc1C(C)(C)C. The molecule has 3 rings (SSSR count). The zero-order valence-electron chi connectivity index (χ0n) is 29.1. The van der Waals surface area contributed by atoms with Gasteiger partial charge in [-0.1, -0.05) is 118 Å². The van der Waals surface area contributed by atoms with Gasteiger partial charge in [-0.3, -0.25) is 4.89 Å². The molecule has 6 nitrogen and oxygen atoms in total. The van der Waals surface area contributed by atoms with Crippen LogP contribution in [0.25, 0.3) is 0 Å². The highest BCUT2D eigenvalue weighted by atomic mass is 32.2. The largest absolute Gasteiger partial charge is 0.584 e. The van der Waals surface area contributed by atoms with Gasteiger partial charge in [-0.25, -0.2) is 4.57 Å². The molecule has 0 fully saturated rings. The third kappa shape index (κ3) is 12.9. The summed E-state index contributed by atoms with van der Waals surface area (Å²) >= 11 is 1.80. The number of allylic oxidation sites excluding steroid dienone is 1. The number of hydrogen-bond acceptors (Lipinski definition) is 6. The van der Waals surface area contributed by atoms with Crippen LogP contribution in [0.5, 0.6) is 17.2 Å². The summed E-state index contributed by atoms with van der Waals surface area (Å²) in [5, 5.41) is 0. The molecular weight excluding hydrogens is 601 g/mol. The maximum atomic E-state index is 13.4. The molecule has 252 valence electrons. The van der Waals surface area contributed by atoms with Gasteiger partial charge in [0.15, 0.2) is 0 Å². The van der Waals surface area contributed by atoms with E-state index >= 15 is 0 Å². The summed E-state index contributed by atoms with van der Waals surface area (Å²) in [7, 11) is -4.50. The van der Waals surface area contributed by atoms with E-state index in [2.05, 4.69) is 66.5 Å². The molecule has 45 heavy (non-hydrogen) atoms. The molecule has 0 aromatic heterocycles. The molecule has 2 aromatic carbocycles. The molecule has 8 heteroatoms. The fraction of sp³-hybridized carbons (Fsp3) is 0.622. The van der Waals surface area contributed by atoms with E-state index in [4.69, 9.17) is 13.8 Å². The second-order valence-corrected chi connectivity index (χ2v) is 16.9. The number of thioether (sulfide) groups is 1. The number of unbranched alkanes of at least 4 members (excludes halogenated alkanes) is 9. The number of hydrogen-bond donors (Lipinski definition) is 1. The molecule has 0 spiro atoms. The molecule has 0 radical (unpaired) electrons. The van der Waals surface area contributed by atoms with Crippen molar-refractivity contribution < 1.29 is 23.2 Å². The smallest absolute Gasteiger partial charge is 0.493 e. The van der Waals surface area contributed by atoms with Gasteiger partial charge in [0.05, 0.1) is 12.5 Å². The van der Waals surface area contributed by atoms with Crippen molar-refractivity contribution >= 4 is 19.6 Å². The molecule has 0 bridgehead atoms. The van der Waals surface area contributed by atoms with Crippen molar-refractivity contribution in [1.82, 2.24) is 4.90 Å². The van der Waals surface area contributed by atoms with Gasteiger partial charge in [0.1, 0.15) is 17.2 Å². The molecule has 1 atom stereocenters. The van der Waals surface area contributed by atoms with Gasteiger partial charge in [0.2, 0.25) is 0 Å². The standard InChI is InChI=1S/C37H58NO5PS/c1-9-10-11-12-13-14-15-16-17-18-22-41-34-24-33(37(6,7)8)35(25-32(34)36(3,4)5)43-44(39,40)42-31-21-19-20-30(23-31)27-38-26-29(2)45-28-38/h19-21,23-26H,9-18,22,27-28H2,1-8H3,(H,39,40). The minimum Gasteiger partial charge on any atom is -0.493 e. The Bertz CT molecular complexity index is 1300. The van der Waals surface area contributed by atoms with Crippen LogP contribution >= 0.6 is 19.6 Å². The van der Waals surface area contributed by atoms with Crippen LogP contribution in [0, 0.1) is 0 Å². The summed E-state index contributed by atoms with van der Waals surface area (Å²) in [6.45, 7) is 18.3. The Morgan fingerprint density at radius 2 is 1.40 bits per heavy atom. The van der Waals surface area contributed by atoms with E-state index in [1.54, 1.807) is 23.9 Å². The Kier molecular flexibility index (Phi) is 14.3. The molecule has 0 aliphatic carbocycles. The van der Waals surface area contributed by atoms with Gasteiger partial charge in [-0.15, -0.1) is 11.8 Å². The number of ether oxygens (including phenoxy) is 1. The third-order valence-corrected chi connectivity index (χ3v) is 9.88. The zero-order valence-corrected chi connectivity index (χ0v) is 30.8. The Labute approximate surface area is 277 Å². The van der Waals surface area contributed by atoms with E-state index < -0.39 is 7.82 Å². The highest BCUT2D eigenvalue weighted by Gasteiger charge is 2.32. The van der Waals surface area contributed by atoms with Gasteiger partial charge in [0.25, 0.3) is 0 Å². The quantitative estimate of drug-likeness (QED) is 0.126. The topological polar surface area (TPSA) is 68.2 Å². The van der Waals surface area contributed by atoms with Crippen LogP contribution in [-0.4, -0.2) is 22.3 Å². The van der Waals surface area contributed by atoms with Crippen LogP contribution in [0.1, 0.15) is 136 Å². The highest BCUT2D eigenvalue weighted by molar-refractivity contribution is 8.03. The summed E-state index contributed by atoms with van der Waals surface area (Å²) in [4.78, 5) is 14.4. The maximum absolute atomic E-state index is 13.4. The molecular formula is C37H58NO5PS. The van der Waals surface area contributed by atoms with E-state index in [0.717, 1.165) is 41.2 Å². The van der Waals surface area contributed by atoms with Crippen LogP contribution < -0.4 is 13.8 Å². The lowest BCUT2D eigenvalue weighted by Gasteiger charge is -2.29. The first kappa shape index (κ1) is 37.4. The fourth-order valence-electron chi connectivity index (χ4n) is 5.52. The van der Waals surface area contributed by atoms with E-state index in [1.807, 2.05) is 24.3 Å². The molecule has 0 saturated heterocycles. The summed E-state index contributed by atoms with van der Waals surface area (Å²) in [5.74, 6) is 2.34. The van der Waals surface area contributed by atoms with Gasteiger partial charge in [-0.05, 0) is 58.9 Å². The van der Waals surface area contributed by atoms with Crippen molar-refractivity contribution in [1.29, 1.82) is 0 Å². The Morgan fingerprint density at radius 3 is 1.98 bits per heavy atom. The molecule has 2 aromatic rings. The van der Waals surface area contributed by atoms with E-state index in [1.165, 1.54) is 56.3 Å². The van der Waals surface area contributed by atoms with Crippen molar-refractivity contribution in [2.75, 3.05) is 12.5 Å². The van der Waals surface area contributed by atoms with Crippen molar-refractivity contribution in [3.8, 4) is 17.2 Å². The lowest BCUT2D eigenvalue weighted by atomic mass is 9.81. The zero-order chi connectivity index (χ0) is 33.1. The second kappa shape index (κ2) is 17.2. The summed E-state index contributed by atoms with van der Waals surface area (Å²) in [5.41, 5.74) is 2.10. The van der Waals surface area contributed by atoms with Crippen LogP contribution in [0.2, 0.25) is 0 Å². The minimum absolute atomic E-state index is 0.267. The molecule has 1 heterocycles. The van der Waals surface area contributed by atoms with Crippen molar-refractivity contribution in [2.45, 2.75) is 137 Å². The third-order valence-electron chi connectivity index (χ3n) is 7.99. The summed E-state index contributed by atoms with van der Waals surface area (Å²) < 4.78 is 31.3. The van der Waals surface area contributed by atoms with Gasteiger partial charge >= 0.3 is 7.82 Å². The Morgan fingerprint density at radius 1 is 0.822 bits per heavy atom. The predicted molar refractivity (Wildman–Crippen MR) is 190 cm³/mol. The number of benzene rings is 2. The monoisotopic (exact) mass is 659 g/mol. The minimum atomic E-state index is -4.50. The number of phosphoric ester groups is 1. The molecule has 1 unspecified atom stereocenters. The number of phosphoric acid groups is 1. The molecule has 1 aliphatic rings. The van der Waals surface area contributed by atoms with Gasteiger partial charge in [-0.2, -0.15) is 0 Å². The Hall–Kier alpha value is -2.08. The first-order valence-corrected chi connectivity index (χ1v) is 19.3. The Balaban J connectivity index is 1.68. The van der Waals surface area contributed by atoms with E-state index in [9.17, 15) is 9.46 Å². The van der Waals surface area contributed by atoms with E-state index in [0.29, 0.717) is 24.7 Å². The molecule has 0 amide bonds. The molecule has 1 N–H and O–H groups in total. The highest BCUT2D eigenvalue weighted by Crippen LogP contribution is 2.49. The summed E-state index contributed by atoms with van der Waals surface area (Å²) in [6.07, 6.45) is 14.9. The fourth-order valence-corrected chi connectivity index (χ4v) is 7.09. The molecule has 1 aliphatic heterocycles. The average molecular weight is 660 g/mol. The maximum Gasteiger partial charge on any atom is 0.584 e. The van der Waals surface area contributed by atoms with Crippen molar-refractivity contribution in [2.24, 2.45) is 0 Å². The summed E-state index contributed by atoms with van der Waals surface area (Å²) in [6, 6.07) is 11.2. The van der Waals surface area contributed by atoms with Gasteiger partial charge in [0, 0.05) is 23.9 Å². The van der Waals surface area contributed by atoms with Crippen LogP contribution in [0.4, 0.5) is 0 Å². The second-order valence-electron chi connectivity index (χ2n) is 14.4. The van der Waals surface area contributed by atoms with Crippen molar-refractivity contribution in [3.05, 3.63) is 64.2 Å². The van der Waals surface area contributed by atoms with E-state index in [-0.39, 0.29) is 10.8 Å². The normalized spacial score (nSPS) is 15.1. The molecule has 0 saturated carbocycles. The predicted octanol–water partition coefficient (Wildman–Crippen LogP) is 11.5. The average Bonchev–Trinajstić information content (AvgIpc) is 3.34. The van der Waals surface area contributed by atoms with Gasteiger partial charge < -0.3 is 18.7 Å². The number of nitrogens with zero attached hydrogens (tertiary/aromatic N) is 1. The lowest BCUT2D eigenvalue weighted by molar-refractivity contribution is 0.283.